The molecule has 4 aromatic rings. The highest BCUT2D eigenvalue weighted by molar-refractivity contribution is 7.14. The summed E-state index contributed by atoms with van der Waals surface area (Å²) in [7, 11) is 2.13. The second kappa shape index (κ2) is 6.37. The highest BCUT2D eigenvalue weighted by atomic mass is 32.1. The standard InChI is InChI=1S/C21H21N3S/c1-14-9-10-17-19(11-14)24(3)15(2)20(17)18-13-25-21(23-18)22-12-16-7-5-4-6-8-16/h4-11,13H,12H2,1-3H3,(H,22,23). The molecule has 0 amide bonds. The number of aryl methyl sites for hydroxylation is 2. The molecule has 0 bridgehead atoms. The molecule has 0 unspecified atom stereocenters. The maximum absolute atomic E-state index is 4.84. The molecular formula is C21H21N3S. The van der Waals surface area contributed by atoms with E-state index in [1.165, 1.54) is 33.3 Å². The van der Waals surface area contributed by atoms with E-state index >= 15 is 0 Å². The number of hydrogen-bond acceptors (Lipinski definition) is 3. The molecule has 0 saturated heterocycles. The summed E-state index contributed by atoms with van der Waals surface area (Å²) in [6, 6.07) is 17.0. The number of hydrogen-bond donors (Lipinski definition) is 1. The minimum absolute atomic E-state index is 0.793. The first kappa shape index (κ1) is 15.9. The molecule has 0 aliphatic heterocycles. The normalized spacial score (nSPS) is 11.2. The molecule has 2 heterocycles. The van der Waals surface area contributed by atoms with Crippen LogP contribution in [0.3, 0.4) is 0 Å². The van der Waals surface area contributed by atoms with Gasteiger partial charge in [-0.15, -0.1) is 11.3 Å². The number of benzene rings is 2. The summed E-state index contributed by atoms with van der Waals surface area (Å²) in [4.78, 5) is 4.84. The first-order chi connectivity index (χ1) is 12.1. The monoisotopic (exact) mass is 347 g/mol. The average molecular weight is 347 g/mol. The number of fused-ring (bicyclic) bond motifs is 1. The Morgan fingerprint density at radius 1 is 1.08 bits per heavy atom. The van der Waals surface area contributed by atoms with Crippen molar-refractivity contribution in [2.45, 2.75) is 20.4 Å². The molecule has 0 aliphatic rings. The summed E-state index contributed by atoms with van der Waals surface area (Å²) in [6.45, 7) is 5.10. The van der Waals surface area contributed by atoms with Crippen molar-refractivity contribution in [2.75, 3.05) is 5.32 Å². The van der Waals surface area contributed by atoms with Crippen LogP contribution in [0.5, 0.6) is 0 Å². The zero-order chi connectivity index (χ0) is 17.4. The summed E-state index contributed by atoms with van der Waals surface area (Å²) < 4.78 is 2.26. The lowest BCUT2D eigenvalue weighted by molar-refractivity contribution is 0.918. The van der Waals surface area contributed by atoms with E-state index in [-0.39, 0.29) is 0 Å². The van der Waals surface area contributed by atoms with Crippen LogP contribution in [0.25, 0.3) is 22.2 Å². The SMILES string of the molecule is Cc1ccc2c(-c3csc(NCc4ccccc4)n3)c(C)n(C)c2c1. The van der Waals surface area contributed by atoms with Crippen LogP contribution in [0.15, 0.2) is 53.9 Å². The van der Waals surface area contributed by atoms with E-state index in [1.807, 2.05) is 6.07 Å². The number of rotatable bonds is 4. The topological polar surface area (TPSA) is 29.9 Å². The van der Waals surface area contributed by atoms with E-state index in [0.717, 1.165) is 17.4 Å². The number of nitrogens with zero attached hydrogens (tertiary/aromatic N) is 2. The molecule has 0 radical (unpaired) electrons. The second-order valence-corrected chi connectivity index (χ2v) is 7.28. The van der Waals surface area contributed by atoms with Gasteiger partial charge in [-0.05, 0) is 31.0 Å². The summed E-state index contributed by atoms with van der Waals surface area (Å²) in [5.41, 5.74) is 7.34. The fourth-order valence-electron chi connectivity index (χ4n) is 3.24. The van der Waals surface area contributed by atoms with Gasteiger partial charge in [0.25, 0.3) is 0 Å². The molecule has 126 valence electrons. The molecule has 0 spiro atoms. The Kier molecular flexibility index (Phi) is 4.06. The van der Waals surface area contributed by atoms with Gasteiger partial charge in [-0.2, -0.15) is 0 Å². The maximum Gasteiger partial charge on any atom is 0.183 e. The highest BCUT2D eigenvalue weighted by Gasteiger charge is 2.16. The van der Waals surface area contributed by atoms with Gasteiger partial charge in [0, 0.05) is 41.1 Å². The molecule has 3 nitrogen and oxygen atoms in total. The van der Waals surface area contributed by atoms with Gasteiger partial charge >= 0.3 is 0 Å². The van der Waals surface area contributed by atoms with Crippen molar-refractivity contribution < 1.29 is 0 Å². The third-order valence-corrected chi connectivity index (χ3v) is 5.50. The lowest BCUT2D eigenvalue weighted by Gasteiger charge is -2.02. The molecule has 0 fully saturated rings. The Hall–Kier alpha value is -2.59. The van der Waals surface area contributed by atoms with Crippen molar-refractivity contribution in [3.63, 3.8) is 0 Å². The van der Waals surface area contributed by atoms with E-state index in [4.69, 9.17) is 4.98 Å². The number of anilines is 1. The lowest BCUT2D eigenvalue weighted by Crippen LogP contribution is -1.98. The Morgan fingerprint density at radius 2 is 1.88 bits per heavy atom. The maximum atomic E-state index is 4.84. The Bertz CT molecular complexity index is 1030. The quantitative estimate of drug-likeness (QED) is 0.526. The Morgan fingerprint density at radius 3 is 2.68 bits per heavy atom. The summed E-state index contributed by atoms with van der Waals surface area (Å²) >= 11 is 1.66. The fourth-order valence-corrected chi connectivity index (χ4v) is 3.94. The molecule has 2 aromatic heterocycles. The molecule has 0 atom stereocenters. The van der Waals surface area contributed by atoms with Crippen molar-refractivity contribution in [1.29, 1.82) is 0 Å². The van der Waals surface area contributed by atoms with E-state index in [1.54, 1.807) is 11.3 Å². The van der Waals surface area contributed by atoms with Crippen molar-refractivity contribution in [2.24, 2.45) is 7.05 Å². The molecule has 2 aromatic carbocycles. The average Bonchev–Trinajstić information content (AvgIpc) is 3.18. The van der Waals surface area contributed by atoms with Crippen LogP contribution in [-0.2, 0) is 13.6 Å². The number of nitrogens with one attached hydrogen (secondary N) is 1. The van der Waals surface area contributed by atoms with Crippen LogP contribution >= 0.6 is 11.3 Å². The predicted molar refractivity (Wildman–Crippen MR) is 107 cm³/mol. The van der Waals surface area contributed by atoms with Crippen molar-refractivity contribution in [3.05, 3.63) is 70.7 Å². The number of aromatic nitrogens is 2. The van der Waals surface area contributed by atoms with Gasteiger partial charge in [0.2, 0.25) is 0 Å². The van der Waals surface area contributed by atoms with Crippen molar-refractivity contribution in [1.82, 2.24) is 9.55 Å². The van der Waals surface area contributed by atoms with Crippen LogP contribution in [0, 0.1) is 13.8 Å². The summed E-state index contributed by atoms with van der Waals surface area (Å²) in [5.74, 6) is 0. The van der Waals surface area contributed by atoms with Crippen LogP contribution in [0.1, 0.15) is 16.8 Å². The molecule has 25 heavy (non-hydrogen) atoms. The Balaban J connectivity index is 1.66. The van der Waals surface area contributed by atoms with Gasteiger partial charge < -0.3 is 9.88 Å². The summed E-state index contributed by atoms with van der Waals surface area (Å²) in [5, 5.41) is 7.81. The van der Waals surface area contributed by atoms with Crippen LogP contribution in [0.2, 0.25) is 0 Å². The van der Waals surface area contributed by atoms with Gasteiger partial charge in [-0.3, -0.25) is 0 Å². The van der Waals surface area contributed by atoms with E-state index < -0.39 is 0 Å². The highest BCUT2D eigenvalue weighted by Crippen LogP contribution is 2.36. The fraction of sp³-hybridized carbons (Fsp3) is 0.190. The zero-order valence-corrected chi connectivity index (χ0v) is 15.5. The van der Waals surface area contributed by atoms with Gasteiger partial charge in [-0.25, -0.2) is 4.98 Å². The minimum atomic E-state index is 0.793. The van der Waals surface area contributed by atoms with Crippen LogP contribution in [-0.4, -0.2) is 9.55 Å². The molecule has 0 saturated carbocycles. The minimum Gasteiger partial charge on any atom is -0.357 e. The molecular weight excluding hydrogens is 326 g/mol. The molecule has 0 aliphatic carbocycles. The first-order valence-electron chi connectivity index (χ1n) is 8.43. The van der Waals surface area contributed by atoms with E-state index in [2.05, 4.69) is 78.6 Å². The van der Waals surface area contributed by atoms with Gasteiger partial charge in [0.05, 0.1) is 5.69 Å². The number of thiazole rings is 1. The largest absolute Gasteiger partial charge is 0.357 e. The molecule has 1 N–H and O–H groups in total. The van der Waals surface area contributed by atoms with Crippen molar-refractivity contribution in [3.8, 4) is 11.3 Å². The zero-order valence-electron chi connectivity index (χ0n) is 14.7. The van der Waals surface area contributed by atoms with E-state index in [0.29, 0.717) is 0 Å². The molecule has 4 rings (SSSR count). The van der Waals surface area contributed by atoms with Gasteiger partial charge in [-0.1, -0.05) is 42.5 Å². The smallest absolute Gasteiger partial charge is 0.183 e. The third-order valence-electron chi connectivity index (χ3n) is 4.70. The van der Waals surface area contributed by atoms with Gasteiger partial charge in [0.1, 0.15) is 0 Å². The lowest BCUT2D eigenvalue weighted by atomic mass is 10.1. The molecule has 4 heteroatoms. The predicted octanol–water partition coefficient (Wildman–Crippen LogP) is 5.53. The van der Waals surface area contributed by atoms with Crippen LogP contribution in [0.4, 0.5) is 5.13 Å². The van der Waals surface area contributed by atoms with Crippen LogP contribution < -0.4 is 5.32 Å². The second-order valence-electron chi connectivity index (χ2n) is 6.42. The van der Waals surface area contributed by atoms with Gasteiger partial charge in [0.15, 0.2) is 5.13 Å². The third kappa shape index (κ3) is 2.94. The van der Waals surface area contributed by atoms with Crippen molar-refractivity contribution >= 4 is 27.4 Å². The first-order valence-corrected chi connectivity index (χ1v) is 9.31. The van der Waals surface area contributed by atoms with E-state index in [9.17, 15) is 0 Å². The summed E-state index contributed by atoms with van der Waals surface area (Å²) in [6.07, 6.45) is 0. The Labute approximate surface area is 152 Å².